The van der Waals surface area contributed by atoms with Gasteiger partial charge in [-0.25, -0.2) is 4.39 Å². The zero-order valence-electron chi connectivity index (χ0n) is 9.74. The highest BCUT2D eigenvalue weighted by Gasteiger charge is 2.22. The van der Waals surface area contributed by atoms with E-state index in [4.69, 9.17) is 0 Å². The fourth-order valence-electron chi connectivity index (χ4n) is 1.22. The van der Waals surface area contributed by atoms with Crippen LogP contribution in [0.15, 0.2) is 12.1 Å². The maximum atomic E-state index is 13.2. The molecule has 0 saturated carbocycles. The summed E-state index contributed by atoms with van der Waals surface area (Å²) in [6.07, 6.45) is 0. The Hall–Kier alpha value is -2.25. The summed E-state index contributed by atoms with van der Waals surface area (Å²) in [6.45, 7) is -0.295. The summed E-state index contributed by atoms with van der Waals surface area (Å²) < 4.78 is 26.2. The number of amides is 1. The Bertz CT molecular complexity index is 492. The van der Waals surface area contributed by atoms with Crippen LogP contribution in [0.4, 0.5) is 20.2 Å². The molecule has 0 bridgehead atoms. The summed E-state index contributed by atoms with van der Waals surface area (Å²) in [5.41, 5.74) is -1.25. The van der Waals surface area contributed by atoms with Crippen molar-refractivity contribution < 1.29 is 18.5 Å². The third-order valence-electron chi connectivity index (χ3n) is 2.14. The van der Waals surface area contributed by atoms with Crippen molar-refractivity contribution in [2.24, 2.45) is 0 Å². The molecule has 0 atom stereocenters. The average Bonchev–Trinajstić information content (AvgIpc) is 2.23. The summed E-state index contributed by atoms with van der Waals surface area (Å²) in [5, 5.41) is 13.0. The summed E-state index contributed by atoms with van der Waals surface area (Å²) in [7, 11) is 2.98. The second-order valence-corrected chi connectivity index (χ2v) is 3.68. The zero-order valence-corrected chi connectivity index (χ0v) is 9.74. The summed E-state index contributed by atoms with van der Waals surface area (Å²) >= 11 is 0. The van der Waals surface area contributed by atoms with Gasteiger partial charge in [0, 0.05) is 26.2 Å². The lowest BCUT2D eigenvalue weighted by molar-refractivity contribution is -0.386. The van der Waals surface area contributed by atoms with Crippen LogP contribution in [0.2, 0.25) is 0 Å². The Kier molecular flexibility index (Phi) is 4.13. The van der Waals surface area contributed by atoms with Crippen LogP contribution in [0, 0.1) is 21.7 Å². The molecule has 0 spiro atoms. The molecule has 0 heterocycles. The number of hydrogen-bond donors (Lipinski definition) is 1. The van der Waals surface area contributed by atoms with Crippen LogP contribution >= 0.6 is 0 Å². The zero-order chi connectivity index (χ0) is 13.9. The molecule has 1 aromatic rings. The lowest BCUT2D eigenvalue weighted by Gasteiger charge is -2.12. The second kappa shape index (κ2) is 5.39. The van der Waals surface area contributed by atoms with Crippen LogP contribution in [0.1, 0.15) is 0 Å². The van der Waals surface area contributed by atoms with E-state index in [1.54, 1.807) is 0 Å². The number of nitro groups is 1. The molecule has 0 fully saturated rings. The number of anilines is 1. The van der Waals surface area contributed by atoms with Gasteiger partial charge in [0.1, 0.15) is 11.5 Å². The Morgan fingerprint density at radius 3 is 2.56 bits per heavy atom. The van der Waals surface area contributed by atoms with Crippen LogP contribution < -0.4 is 5.32 Å². The third kappa shape index (κ3) is 3.12. The third-order valence-corrected chi connectivity index (χ3v) is 2.14. The van der Waals surface area contributed by atoms with Crippen molar-refractivity contribution in [1.82, 2.24) is 4.90 Å². The second-order valence-electron chi connectivity index (χ2n) is 3.68. The Morgan fingerprint density at radius 1 is 1.44 bits per heavy atom. The minimum absolute atomic E-state index is 0.295. The molecule has 18 heavy (non-hydrogen) atoms. The van der Waals surface area contributed by atoms with Gasteiger partial charge in [0.05, 0.1) is 11.5 Å². The molecule has 1 amide bonds. The number of hydrogen-bond acceptors (Lipinski definition) is 4. The fraction of sp³-hybridized carbons (Fsp3) is 0.300. The molecule has 1 rings (SSSR count). The lowest BCUT2D eigenvalue weighted by atomic mass is 10.2. The standard InChI is InChI=1S/C10H11F2N3O3/c1-14(2)9(16)5-13-8-4-6(11)3-7(12)10(8)15(17)18/h3-4,13H,5H2,1-2H3. The number of benzene rings is 1. The van der Waals surface area contributed by atoms with Crippen LogP contribution in [-0.4, -0.2) is 36.4 Å². The molecule has 0 unspecified atom stereocenters. The summed E-state index contributed by atoms with van der Waals surface area (Å²) in [6, 6.07) is 1.18. The minimum Gasteiger partial charge on any atom is -0.370 e. The molecular weight excluding hydrogens is 248 g/mol. The fourth-order valence-corrected chi connectivity index (χ4v) is 1.22. The molecule has 0 aliphatic heterocycles. The van der Waals surface area contributed by atoms with Crippen molar-refractivity contribution in [1.29, 1.82) is 0 Å². The Balaban J connectivity index is 3.00. The van der Waals surface area contributed by atoms with Crippen LogP contribution in [0.3, 0.4) is 0 Å². The van der Waals surface area contributed by atoms with Gasteiger partial charge >= 0.3 is 5.69 Å². The van der Waals surface area contributed by atoms with Gasteiger partial charge < -0.3 is 10.2 Å². The number of nitro benzene ring substituents is 1. The maximum absolute atomic E-state index is 13.2. The maximum Gasteiger partial charge on any atom is 0.327 e. The van der Waals surface area contributed by atoms with E-state index in [1.165, 1.54) is 19.0 Å². The largest absolute Gasteiger partial charge is 0.370 e. The SMILES string of the molecule is CN(C)C(=O)CNc1cc(F)cc(F)c1[N+](=O)[O-]. The van der Waals surface area contributed by atoms with E-state index in [0.717, 1.165) is 6.07 Å². The monoisotopic (exact) mass is 259 g/mol. The van der Waals surface area contributed by atoms with E-state index in [0.29, 0.717) is 6.07 Å². The molecule has 1 N–H and O–H groups in total. The molecule has 0 aliphatic carbocycles. The number of halogens is 2. The smallest absolute Gasteiger partial charge is 0.327 e. The number of carbonyl (C=O) groups is 1. The highest BCUT2D eigenvalue weighted by molar-refractivity contribution is 5.81. The van der Waals surface area contributed by atoms with Gasteiger partial charge in [-0.3, -0.25) is 14.9 Å². The first-order valence-corrected chi connectivity index (χ1v) is 4.90. The van der Waals surface area contributed by atoms with Gasteiger partial charge in [-0.1, -0.05) is 0 Å². The van der Waals surface area contributed by atoms with Crippen molar-refractivity contribution >= 4 is 17.3 Å². The molecule has 0 aliphatic rings. The van der Waals surface area contributed by atoms with Crippen molar-refractivity contribution in [3.05, 3.63) is 33.9 Å². The normalized spacial score (nSPS) is 10.0. The highest BCUT2D eigenvalue weighted by Crippen LogP contribution is 2.28. The molecule has 6 nitrogen and oxygen atoms in total. The van der Waals surface area contributed by atoms with Crippen molar-refractivity contribution in [3.8, 4) is 0 Å². The van der Waals surface area contributed by atoms with Gasteiger partial charge in [-0.05, 0) is 0 Å². The number of nitrogens with zero attached hydrogens (tertiary/aromatic N) is 2. The first-order chi connectivity index (χ1) is 8.32. The first kappa shape index (κ1) is 13.8. The lowest BCUT2D eigenvalue weighted by Crippen LogP contribution is -2.28. The van der Waals surface area contributed by atoms with Crippen molar-refractivity contribution in [2.45, 2.75) is 0 Å². The molecule has 0 radical (unpaired) electrons. The van der Waals surface area contributed by atoms with E-state index < -0.39 is 22.2 Å². The minimum atomic E-state index is -1.29. The number of likely N-dealkylation sites (N-methyl/N-ethyl adjacent to an activating group) is 1. The van der Waals surface area contributed by atoms with Crippen LogP contribution in [0.5, 0.6) is 0 Å². The van der Waals surface area contributed by atoms with Gasteiger partial charge in [-0.2, -0.15) is 4.39 Å². The summed E-state index contributed by atoms with van der Waals surface area (Å²) in [5.74, 6) is -2.63. The molecule has 0 saturated heterocycles. The molecule has 1 aromatic carbocycles. The highest BCUT2D eigenvalue weighted by atomic mass is 19.1. The van der Waals surface area contributed by atoms with E-state index in [9.17, 15) is 23.7 Å². The topological polar surface area (TPSA) is 75.5 Å². The van der Waals surface area contributed by atoms with Crippen LogP contribution in [-0.2, 0) is 4.79 Å². The molecule has 98 valence electrons. The predicted octanol–water partition coefficient (Wildman–Crippen LogP) is 1.37. The quantitative estimate of drug-likeness (QED) is 0.654. The predicted molar refractivity (Wildman–Crippen MR) is 60.2 cm³/mol. The van der Waals surface area contributed by atoms with Crippen molar-refractivity contribution in [2.75, 3.05) is 26.0 Å². The molecular formula is C10H11F2N3O3. The first-order valence-electron chi connectivity index (χ1n) is 4.90. The summed E-state index contributed by atoms with van der Waals surface area (Å²) in [4.78, 5) is 22.2. The number of rotatable bonds is 4. The average molecular weight is 259 g/mol. The molecule has 8 heteroatoms. The Morgan fingerprint density at radius 2 is 2.06 bits per heavy atom. The van der Waals surface area contributed by atoms with Gasteiger partial charge in [0.25, 0.3) is 0 Å². The van der Waals surface area contributed by atoms with Crippen molar-refractivity contribution in [3.63, 3.8) is 0 Å². The van der Waals surface area contributed by atoms with Gasteiger partial charge in [0.2, 0.25) is 11.7 Å². The van der Waals surface area contributed by atoms with Gasteiger partial charge in [0.15, 0.2) is 0 Å². The number of nitrogens with one attached hydrogen (secondary N) is 1. The number of carbonyl (C=O) groups excluding carboxylic acids is 1. The van der Waals surface area contributed by atoms with Gasteiger partial charge in [-0.15, -0.1) is 0 Å². The Labute approximate surface area is 101 Å². The van der Waals surface area contributed by atoms with Crippen LogP contribution in [0.25, 0.3) is 0 Å². The van der Waals surface area contributed by atoms with E-state index in [1.807, 2.05) is 0 Å². The van der Waals surface area contributed by atoms with E-state index in [-0.39, 0.29) is 18.1 Å². The van der Waals surface area contributed by atoms with E-state index in [2.05, 4.69) is 5.32 Å². The van der Waals surface area contributed by atoms with E-state index >= 15 is 0 Å². The molecule has 0 aromatic heterocycles.